The van der Waals surface area contributed by atoms with Gasteiger partial charge >= 0.3 is 0 Å². The average molecular weight is 459 g/mol. The van der Waals surface area contributed by atoms with Gasteiger partial charge in [0, 0.05) is 25.9 Å². The second-order valence-electron chi connectivity index (χ2n) is 5.89. The highest BCUT2D eigenvalue weighted by Crippen LogP contribution is 2.39. The molecule has 1 aliphatic heterocycles. The number of amides is 2. The number of hydrogen-bond acceptors (Lipinski definition) is 2. The van der Waals surface area contributed by atoms with Crippen molar-refractivity contribution in [2.75, 3.05) is 14.1 Å². The Labute approximate surface area is 171 Å². The minimum atomic E-state index is -1.59. The van der Waals surface area contributed by atoms with E-state index in [0.29, 0.717) is 0 Å². The highest BCUT2D eigenvalue weighted by molar-refractivity contribution is 6.68. The molecule has 0 N–H and O–H groups in total. The normalized spacial score (nSPS) is 24.6. The number of allylic oxidation sites excluding steroid dienone is 1. The molecule has 24 heavy (non-hydrogen) atoms. The molecule has 4 nitrogen and oxygen atoms in total. The van der Waals surface area contributed by atoms with Gasteiger partial charge in [0.1, 0.15) is 11.7 Å². The lowest BCUT2D eigenvalue weighted by molar-refractivity contribution is -0.149. The van der Waals surface area contributed by atoms with Crippen LogP contribution in [0.4, 0.5) is 0 Å². The molecule has 0 unspecified atom stereocenters. The molecule has 138 valence electrons. The second kappa shape index (κ2) is 7.98. The fourth-order valence-corrected chi connectivity index (χ4v) is 2.67. The van der Waals surface area contributed by atoms with E-state index in [9.17, 15) is 9.59 Å². The van der Waals surface area contributed by atoms with E-state index in [4.69, 9.17) is 69.6 Å². The van der Waals surface area contributed by atoms with Crippen LogP contribution in [0.2, 0.25) is 0 Å². The zero-order valence-electron chi connectivity index (χ0n) is 13.5. The van der Waals surface area contributed by atoms with Crippen LogP contribution in [-0.2, 0) is 9.59 Å². The fraction of sp³-hybridized carbons (Fsp3) is 0.714. The van der Waals surface area contributed by atoms with E-state index in [1.807, 2.05) is 0 Å². The predicted molar refractivity (Wildman–Crippen MR) is 101 cm³/mol. The number of halogens is 6. The van der Waals surface area contributed by atoms with Gasteiger partial charge < -0.3 is 9.80 Å². The zero-order chi connectivity index (χ0) is 19.0. The van der Waals surface area contributed by atoms with Gasteiger partial charge in [-0.2, -0.15) is 0 Å². The minimum absolute atomic E-state index is 0.152. The molecule has 0 spiro atoms. The minimum Gasteiger partial charge on any atom is -0.328 e. The highest BCUT2D eigenvalue weighted by Gasteiger charge is 2.43. The molecule has 10 heteroatoms. The van der Waals surface area contributed by atoms with Crippen molar-refractivity contribution in [3.05, 3.63) is 11.8 Å². The van der Waals surface area contributed by atoms with Crippen molar-refractivity contribution in [2.24, 2.45) is 11.8 Å². The van der Waals surface area contributed by atoms with Gasteiger partial charge in [-0.05, 0) is 12.5 Å². The Morgan fingerprint density at radius 1 is 1.04 bits per heavy atom. The lowest BCUT2D eigenvalue weighted by Crippen LogP contribution is -2.56. The molecule has 1 aliphatic rings. The lowest BCUT2D eigenvalue weighted by atomic mass is 9.97. The lowest BCUT2D eigenvalue weighted by Gasteiger charge is -2.40. The van der Waals surface area contributed by atoms with Crippen LogP contribution >= 0.6 is 69.6 Å². The molecule has 3 atom stereocenters. The summed E-state index contributed by atoms with van der Waals surface area (Å²) in [5.74, 6) is -1.65. The number of carbonyl (C=O) groups excluding carboxylic acids is 2. The largest absolute Gasteiger partial charge is 0.328 e. The first kappa shape index (κ1) is 22.5. The van der Waals surface area contributed by atoms with Crippen LogP contribution in [0.3, 0.4) is 0 Å². The maximum atomic E-state index is 12.6. The summed E-state index contributed by atoms with van der Waals surface area (Å²) in [5, 5.41) is 0. The number of likely N-dealkylation sites (N-methyl/N-ethyl adjacent to an activating group) is 2. The van der Waals surface area contributed by atoms with Gasteiger partial charge in [-0.1, -0.05) is 83.5 Å². The maximum absolute atomic E-state index is 12.6. The monoisotopic (exact) mass is 456 g/mol. The third-order valence-electron chi connectivity index (χ3n) is 4.04. The molecule has 1 fully saturated rings. The van der Waals surface area contributed by atoms with E-state index < -0.39 is 25.5 Å². The van der Waals surface area contributed by atoms with Crippen LogP contribution in [0.25, 0.3) is 0 Å². The smallest absolute Gasteiger partial charge is 0.270 e. The Kier molecular flexibility index (Phi) is 7.46. The van der Waals surface area contributed by atoms with E-state index in [1.165, 1.54) is 30.0 Å². The van der Waals surface area contributed by atoms with Crippen molar-refractivity contribution in [3.63, 3.8) is 0 Å². The summed E-state index contributed by atoms with van der Waals surface area (Å²) in [5.41, 5.74) is 0.152. The predicted octanol–water partition coefficient (Wildman–Crippen LogP) is 4.57. The van der Waals surface area contributed by atoms with Crippen LogP contribution in [0, 0.1) is 11.8 Å². The Hall–Kier alpha value is 0.420. The molecular weight excluding hydrogens is 441 g/mol. The van der Waals surface area contributed by atoms with E-state index in [0.717, 1.165) is 0 Å². The summed E-state index contributed by atoms with van der Waals surface area (Å²) in [4.78, 5) is 27.8. The molecule has 0 aromatic rings. The summed E-state index contributed by atoms with van der Waals surface area (Å²) in [6.07, 6.45) is 1.69. The highest BCUT2D eigenvalue weighted by atomic mass is 35.6. The van der Waals surface area contributed by atoms with E-state index in [-0.39, 0.29) is 23.9 Å². The molecule has 0 bridgehead atoms. The molecule has 0 aromatic heterocycles. The topological polar surface area (TPSA) is 40.6 Å². The van der Waals surface area contributed by atoms with Crippen molar-refractivity contribution in [1.82, 2.24) is 9.80 Å². The van der Waals surface area contributed by atoms with Gasteiger partial charge in [0.05, 0.1) is 0 Å². The van der Waals surface area contributed by atoms with Crippen molar-refractivity contribution in [2.45, 2.75) is 33.9 Å². The summed E-state index contributed by atoms with van der Waals surface area (Å²) < 4.78 is -3.11. The average Bonchev–Trinajstić information content (AvgIpc) is 2.43. The van der Waals surface area contributed by atoms with Gasteiger partial charge in [0.25, 0.3) is 5.91 Å². The molecule has 2 amide bonds. The van der Waals surface area contributed by atoms with Crippen LogP contribution in [0.5, 0.6) is 0 Å². The van der Waals surface area contributed by atoms with Crippen molar-refractivity contribution in [3.8, 4) is 0 Å². The van der Waals surface area contributed by atoms with Gasteiger partial charge in [0.15, 0.2) is 7.59 Å². The molecule has 1 saturated heterocycles. The Morgan fingerprint density at radius 3 is 1.96 bits per heavy atom. The summed E-state index contributed by atoms with van der Waals surface area (Å²) in [6.45, 7) is 3.34. The third kappa shape index (κ3) is 5.21. The molecule has 1 rings (SSSR count). The van der Waals surface area contributed by atoms with E-state index >= 15 is 0 Å². The number of rotatable bonds is 3. The van der Waals surface area contributed by atoms with E-state index in [2.05, 4.69) is 0 Å². The van der Waals surface area contributed by atoms with Crippen LogP contribution in [0.15, 0.2) is 11.8 Å². The van der Waals surface area contributed by atoms with Gasteiger partial charge in [-0.3, -0.25) is 9.59 Å². The van der Waals surface area contributed by atoms with Gasteiger partial charge in [-0.15, -0.1) is 0 Å². The second-order valence-corrected chi connectivity index (χ2v) is 10.6. The summed E-state index contributed by atoms with van der Waals surface area (Å²) >= 11 is 35.1. The summed E-state index contributed by atoms with van der Waals surface area (Å²) in [6, 6.07) is -0.728. The fourth-order valence-electron chi connectivity index (χ4n) is 2.22. The Balaban J connectivity index is 3.09. The number of nitrogens with zero attached hydrogens (tertiary/aromatic N) is 2. The van der Waals surface area contributed by atoms with Crippen molar-refractivity contribution >= 4 is 81.4 Å². The zero-order valence-corrected chi connectivity index (χ0v) is 18.0. The number of carbonyl (C=O) groups is 2. The Bertz CT molecular complexity index is 540. The maximum Gasteiger partial charge on any atom is 0.270 e. The first-order valence-electron chi connectivity index (χ1n) is 7.07. The van der Waals surface area contributed by atoms with Crippen molar-refractivity contribution < 1.29 is 9.59 Å². The van der Waals surface area contributed by atoms with Crippen LogP contribution in [0.1, 0.15) is 20.3 Å². The number of hydrogen-bond donors (Lipinski definition) is 0. The van der Waals surface area contributed by atoms with Gasteiger partial charge in [-0.25, -0.2) is 0 Å². The standard InChI is InChI=1S/C14H18Cl6N2O2/c1-7(13(15,16)17)5-9-11(23)22(4)10(12(24)21(9)3)6-8(2)14(18,19)20/h5,7-8,10H,6H2,1-4H3/b9-5+/t7-,8-,10-/m1/s1. The molecule has 0 aromatic carbocycles. The third-order valence-corrected chi connectivity index (χ3v) is 6.19. The number of piperazine rings is 1. The van der Waals surface area contributed by atoms with Crippen LogP contribution < -0.4 is 0 Å². The quantitative estimate of drug-likeness (QED) is 0.459. The summed E-state index contributed by atoms with van der Waals surface area (Å²) in [7, 11) is 3.02. The van der Waals surface area contributed by atoms with Crippen molar-refractivity contribution in [1.29, 1.82) is 0 Å². The molecule has 0 aliphatic carbocycles. The SMILES string of the molecule is C[C@H](/C=C1\C(=O)N(C)[C@H](C[C@@H](C)C(Cl)(Cl)Cl)C(=O)N1C)C(Cl)(Cl)Cl. The van der Waals surface area contributed by atoms with Crippen LogP contribution in [-0.4, -0.2) is 49.3 Å². The first-order valence-corrected chi connectivity index (χ1v) is 9.34. The molecule has 1 heterocycles. The van der Waals surface area contributed by atoms with Gasteiger partial charge in [0.2, 0.25) is 5.91 Å². The Morgan fingerprint density at radius 2 is 1.54 bits per heavy atom. The molecule has 0 saturated carbocycles. The first-order chi connectivity index (χ1) is 10.7. The molecule has 0 radical (unpaired) electrons. The number of alkyl halides is 6. The van der Waals surface area contributed by atoms with E-state index in [1.54, 1.807) is 13.8 Å². The molecular formula is C14H18Cl6N2O2.